The van der Waals surface area contributed by atoms with E-state index in [0.717, 1.165) is 17.9 Å². The predicted molar refractivity (Wildman–Crippen MR) is 71.9 cm³/mol. The zero-order valence-electron chi connectivity index (χ0n) is 10.4. The number of rotatable bonds is 3. The Morgan fingerprint density at radius 3 is 3.06 bits per heavy atom. The maximum Gasteiger partial charge on any atom is 0.119 e. The van der Waals surface area contributed by atoms with Crippen LogP contribution in [0.5, 0.6) is 5.75 Å². The average Bonchev–Trinajstić information content (AvgIpc) is 2.83. The summed E-state index contributed by atoms with van der Waals surface area (Å²) in [5.74, 6) is 0.944. The van der Waals surface area contributed by atoms with E-state index in [1.807, 2.05) is 31.3 Å². The molecular formula is C15H16N2O. The quantitative estimate of drug-likeness (QED) is 0.894. The number of fused-ring (bicyclic) bond motifs is 1. The van der Waals surface area contributed by atoms with E-state index < -0.39 is 0 Å². The van der Waals surface area contributed by atoms with Gasteiger partial charge in [0.1, 0.15) is 5.75 Å². The van der Waals surface area contributed by atoms with E-state index >= 15 is 0 Å². The van der Waals surface area contributed by atoms with Crippen molar-refractivity contribution in [1.82, 2.24) is 4.98 Å². The number of hydrogen-bond acceptors (Lipinski definition) is 3. The summed E-state index contributed by atoms with van der Waals surface area (Å²) in [6, 6.07) is 12.5. The van der Waals surface area contributed by atoms with Gasteiger partial charge in [0, 0.05) is 18.3 Å². The molecule has 3 heteroatoms. The molecule has 1 unspecified atom stereocenters. The first-order chi connectivity index (χ1) is 8.86. The second-order valence-electron chi connectivity index (χ2n) is 4.41. The molecular weight excluding hydrogens is 224 g/mol. The van der Waals surface area contributed by atoms with Crippen molar-refractivity contribution in [2.75, 3.05) is 11.9 Å². The number of anilines is 1. The molecule has 3 nitrogen and oxygen atoms in total. The first-order valence-electron chi connectivity index (χ1n) is 6.30. The number of nitrogens with zero attached hydrogens (tertiary/aromatic N) is 1. The Morgan fingerprint density at radius 1 is 1.33 bits per heavy atom. The summed E-state index contributed by atoms with van der Waals surface area (Å²) in [6.45, 7) is 2.71. The number of aromatic nitrogens is 1. The molecule has 1 aromatic heterocycles. The van der Waals surface area contributed by atoms with Gasteiger partial charge in [-0.1, -0.05) is 6.07 Å². The highest BCUT2D eigenvalue weighted by Crippen LogP contribution is 2.35. The summed E-state index contributed by atoms with van der Waals surface area (Å²) in [6.07, 6.45) is 2.80. The van der Waals surface area contributed by atoms with Crippen molar-refractivity contribution in [3.63, 3.8) is 0 Å². The van der Waals surface area contributed by atoms with Gasteiger partial charge in [-0.3, -0.25) is 4.98 Å². The minimum atomic E-state index is 0.276. The number of ether oxygens (including phenoxy) is 1. The predicted octanol–water partition coefficient (Wildman–Crippen LogP) is 3.19. The molecule has 1 aliphatic rings. The highest BCUT2D eigenvalue weighted by atomic mass is 16.5. The van der Waals surface area contributed by atoms with Gasteiger partial charge in [0.25, 0.3) is 0 Å². The summed E-state index contributed by atoms with van der Waals surface area (Å²) in [5, 5.41) is 3.50. The summed E-state index contributed by atoms with van der Waals surface area (Å²) in [4.78, 5) is 4.41. The summed E-state index contributed by atoms with van der Waals surface area (Å²) >= 11 is 0. The third-order valence-electron chi connectivity index (χ3n) is 3.19. The van der Waals surface area contributed by atoms with Crippen LogP contribution >= 0.6 is 0 Å². The molecule has 0 saturated heterocycles. The lowest BCUT2D eigenvalue weighted by Gasteiger charge is -2.09. The Kier molecular flexibility index (Phi) is 2.89. The van der Waals surface area contributed by atoms with Crippen LogP contribution in [0, 0.1) is 0 Å². The fourth-order valence-corrected chi connectivity index (χ4v) is 2.36. The fourth-order valence-electron chi connectivity index (χ4n) is 2.36. The van der Waals surface area contributed by atoms with Crippen molar-refractivity contribution >= 4 is 5.69 Å². The van der Waals surface area contributed by atoms with Gasteiger partial charge in [-0.05, 0) is 42.8 Å². The molecule has 2 heterocycles. The molecule has 0 fully saturated rings. The summed E-state index contributed by atoms with van der Waals surface area (Å²) in [5.41, 5.74) is 3.58. The van der Waals surface area contributed by atoms with Crippen molar-refractivity contribution in [3.05, 3.63) is 53.9 Å². The van der Waals surface area contributed by atoms with Crippen LogP contribution in [0.2, 0.25) is 0 Å². The third-order valence-corrected chi connectivity index (χ3v) is 3.19. The number of benzene rings is 1. The van der Waals surface area contributed by atoms with E-state index in [4.69, 9.17) is 4.74 Å². The molecule has 1 aliphatic heterocycles. The average molecular weight is 240 g/mol. The van der Waals surface area contributed by atoms with Gasteiger partial charge in [0.2, 0.25) is 0 Å². The van der Waals surface area contributed by atoms with Crippen molar-refractivity contribution in [1.29, 1.82) is 0 Å². The summed E-state index contributed by atoms with van der Waals surface area (Å²) < 4.78 is 5.53. The van der Waals surface area contributed by atoms with Gasteiger partial charge in [0.05, 0.1) is 18.3 Å². The maximum absolute atomic E-state index is 5.53. The van der Waals surface area contributed by atoms with E-state index in [1.54, 1.807) is 0 Å². The van der Waals surface area contributed by atoms with E-state index in [9.17, 15) is 0 Å². The molecule has 0 amide bonds. The molecule has 1 aromatic carbocycles. The lowest BCUT2D eigenvalue weighted by Crippen LogP contribution is -2.07. The fraction of sp³-hybridized carbons (Fsp3) is 0.267. The van der Waals surface area contributed by atoms with Crippen LogP contribution in [0.4, 0.5) is 5.69 Å². The smallest absolute Gasteiger partial charge is 0.119 e. The van der Waals surface area contributed by atoms with E-state index in [0.29, 0.717) is 6.61 Å². The highest BCUT2D eigenvalue weighted by molar-refractivity contribution is 5.60. The number of hydrogen-bond donors (Lipinski definition) is 1. The van der Waals surface area contributed by atoms with Crippen molar-refractivity contribution in [3.8, 4) is 5.75 Å². The minimum absolute atomic E-state index is 0.276. The van der Waals surface area contributed by atoms with E-state index in [2.05, 4.69) is 28.5 Å². The zero-order valence-corrected chi connectivity index (χ0v) is 10.4. The van der Waals surface area contributed by atoms with Gasteiger partial charge in [-0.15, -0.1) is 0 Å². The van der Waals surface area contributed by atoms with Gasteiger partial charge in [-0.2, -0.15) is 0 Å². The Hall–Kier alpha value is -2.03. The Labute approximate surface area is 107 Å². The van der Waals surface area contributed by atoms with Crippen LogP contribution in [0.25, 0.3) is 0 Å². The van der Waals surface area contributed by atoms with Crippen molar-refractivity contribution in [2.45, 2.75) is 19.4 Å². The normalized spacial score (nSPS) is 17.1. The maximum atomic E-state index is 5.53. The Balaban J connectivity index is 1.83. The van der Waals surface area contributed by atoms with Crippen molar-refractivity contribution in [2.24, 2.45) is 0 Å². The van der Waals surface area contributed by atoms with Crippen molar-refractivity contribution < 1.29 is 4.74 Å². The Bertz CT molecular complexity index is 539. The molecule has 0 aliphatic carbocycles. The molecule has 0 saturated carbocycles. The lowest BCUT2D eigenvalue weighted by molar-refractivity contribution is 0.340. The van der Waals surface area contributed by atoms with Gasteiger partial charge >= 0.3 is 0 Å². The zero-order chi connectivity index (χ0) is 12.4. The molecule has 2 aromatic rings. The van der Waals surface area contributed by atoms with E-state index in [-0.39, 0.29) is 6.04 Å². The molecule has 1 N–H and O–H groups in total. The van der Waals surface area contributed by atoms with Crippen LogP contribution in [0.1, 0.15) is 24.2 Å². The molecule has 0 radical (unpaired) electrons. The third kappa shape index (κ3) is 2.04. The molecule has 92 valence electrons. The highest BCUT2D eigenvalue weighted by Gasteiger charge is 2.23. The largest absolute Gasteiger partial charge is 0.494 e. The second-order valence-corrected chi connectivity index (χ2v) is 4.41. The Morgan fingerprint density at radius 2 is 2.28 bits per heavy atom. The first kappa shape index (κ1) is 11.1. The van der Waals surface area contributed by atoms with Gasteiger partial charge in [-0.25, -0.2) is 0 Å². The van der Waals surface area contributed by atoms with Gasteiger partial charge in [0.15, 0.2) is 0 Å². The molecule has 3 rings (SSSR count). The summed E-state index contributed by atoms with van der Waals surface area (Å²) in [7, 11) is 0. The second kappa shape index (κ2) is 4.69. The van der Waals surface area contributed by atoms with Crippen LogP contribution < -0.4 is 10.1 Å². The molecule has 0 spiro atoms. The van der Waals surface area contributed by atoms with Crippen LogP contribution in [-0.2, 0) is 6.42 Å². The molecule has 0 bridgehead atoms. The minimum Gasteiger partial charge on any atom is -0.494 e. The monoisotopic (exact) mass is 240 g/mol. The van der Waals surface area contributed by atoms with Crippen LogP contribution in [-0.4, -0.2) is 11.6 Å². The molecule has 1 atom stereocenters. The standard InChI is InChI=1S/C15H16N2O/c1-2-18-12-6-7-13-11(9-12)10-15(17-13)14-5-3-4-8-16-14/h3-9,15,17H,2,10H2,1H3. The van der Waals surface area contributed by atoms with Gasteiger partial charge < -0.3 is 10.1 Å². The molecule has 18 heavy (non-hydrogen) atoms. The SMILES string of the molecule is CCOc1ccc2c(c1)CC(c1ccccn1)N2. The topological polar surface area (TPSA) is 34.1 Å². The number of nitrogens with one attached hydrogen (secondary N) is 1. The van der Waals surface area contributed by atoms with Crippen LogP contribution in [0.15, 0.2) is 42.6 Å². The lowest BCUT2D eigenvalue weighted by atomic mass is 10.1. The van der Waals surface area contributed by atoms with Crippen LogP contribution in [0.3, 0.4) is 0 Å². The number of pyridine rings is 1. The first-order valence-corrected chi connectivity index (χ1v) is 6.30. The van der Waals surface area contributed by atoms with E-state index in [1.165, 1.54) is 11.3 Å².